The van der Waals surface area contributed by atoms with Gasteiger partial charge in [0, 0.05) is 18.5 Å². The van der Waals surface area contributed by atoms with Gasteiger partial charge in [0.1, 0.15) is 5.69 Å². The number of hydrogen-bond donors (Lipinski definition) is 3. The highest BCUT2D eigenvalue weighted by molar-refractivity contribution is 5.61. The fraction of sp³-hybridized carbons (Fsp3) is 0.692. The minimum absolute atomic E-state index is 0.0821. The molecule has 8 heteroatoms. The van der Waals surface area contributed by atoms with Gasteiger partial charge in [-0.1, -0.05) is 6.92 Å². The molecule has 116 valence electrons. The third-order valence-electron chi connectivity index (χ3n) is 3.70. The summed E-state index contributed by atoms with van der Waals surface area (Å²) in [7, 11) is 0. The maximum atomic E-state index is 11.2. The van der Waals surface area contributed by atoms with Crippen molar-refractivity contribution in [2.45, 2.75) is 33.1 Å². The molecule has 1 aromatic heterocycles. The van der Waals surface area contributed by atoms with E-state index in [2.05, 4.69) is 20.6 Å². The van der Waals surface area contributed by atoms with Gasteiger partial charge >= 0.3 is 5.69 Å². The Bertz CT molecular complexity index is 531. The Morgan fingerprint density at radius 2 is 2.10 bits per heavy atom. The summed E-state index contributed by atoms with van der Waals surface area (Å²) in [6, 6.07) is 0. The van der Waals surface area contributed by atoms with Crippen LogP contribution in [0.4, 0.5) is 17.5 Å². The van der Waals surface area contributed by atoms with Crippen molar-refractivity contribution in [2.24, 2.45) is 5.41 Å². The number of nitrogens with one attached hydrogen (secondary N) is 2. The minimum atomic E-state index is -0.472. The maximum absolute atomic E-state index is 11.2. The largest absolute Gasteiger partial charge is 0.396 e. The van der Waals surface area contributed by atoms with Gasteiger partial charge in [-0.15, -0.1) is 0 Å². The number of anilines is 2. The lowest BCUT2D eigenvalue weighted by atomic mass is 10.1. The Hall–Kier alpha value is -1.96. The molecular formula is C13H21N5O3. The molecule has 0 unspecified atom stereocenters. The van der Waals surface area contributed by atoms with Crippen molar-refractivity contribution in [3.05, 3.63) is 15.8 Å². The third-order valence-corrected chi connectivity index (χ3v) is 3.70. The lowest BCUT2D eigenvalue weighted by Crippen LogP contribution is -2.21. The fourth-order valence-electron chi connectivity index (χ4n) is 2.06. The van der Waals surface area contributed by atoms with Crippen molar-refractivity contribution in [1.29, 1.82) is 0 Å². The first-order chi connectivity index (χ1) is 10.0. The fourth-order valence-corrected chi connectivity index (χ4v) is 2.06. The quantitative estimate of drug-likeness (QED) is 0.494. The van der Waals surface area contributed by atoms with Crippen LogP contribution in [0.25, 0.3) is 0 Å². The van der Waals surface area contributed by atoms with Gasteiger partial charge in [0.25, 0.3) is 0 Å². The molecule has 0 amide bonds. The maximum Gasteiger partial charge on any atom is 0.332 e. The summed E-state index contributed by atoms with van der Waals surface area (Å²) in [6.45, 7) is 4.88. The van der Waals surface area contributed by atoms with Gasteiger partial charge in [-0.05, 0) is 26.2 Å². The van der Waals surface area contributed by atoms with E-state index in [0.29, 0.717) is 24.7 Å². The van der Waals surface area contributed by atoms with E-state index in [9.17, 15) is 15.2 Å². The zero-order valence-corrected chi connectivity index (χ0v) is 12.3. The van der Waals surface area contributed by atoms with E-state index >= 15 is 0 Å². The Balaban J connectivity index is 2.22. The molecule has 0 radical (unpaired) electrons. The molecule has 1 heterocycles. The summed E-state index contributed by atoms with van der Waals surface area (Å²) >= 11 is 0. The number of aromatic nitrogens is 2. The first-order valence-electron chi connectivity index (χ1n) is 7.13. The van der Waals surface area contributed by atoms with Gasteiger partial charge in [-0.3, -0.25) is 10.1 Å². The van der Waals surface area contributed by atoms with Crippen LogP contribution in [0.3, 0.4) is 0 Å². The summed E-state index contributed by atoms with van der Waals surface area (Å²) in [5, 5.41) is 26.6. The van der Waals surface area contributed by atoms with Crippen molar-refractivity contribution >= 4 is 17.5 Å². The average molecular weight is 295 g/mol. The van der Waals surface area contributed by atoms with Gasteiger partial charge in [-0.25, -0.2) is 4.98 Å². The summed E-state index contributed by atoms with van der Waals surface area (Å²) in [5.74, 6) is 0.599. The Kier molecular flexibility index (Phi) is 4.56. The number of nitrogens with zero attached hydrogens (tertiary/aromatic N) is 3. The Labute approximate surface area is 123 Å². The third kappa shape index (κ3) is 3.57. The van der Waals surface area contributed by atoms with E-state index in [1.165, 1.54) is 0 Å². The normalized spacial score (nSPS) is 15.6. The molecule has 21 heavy (non-hydrogen) atoms. The lowest BCUT2D eigenvalue weighted by molar-refractivity contribution is -0.385. The molecule has 1 aliphatic carbocycles. The van der Waals surface area contributed by atoms with Gasteiger partial charge < -0.3 is 15.7 Å². The summed E-state index contributed by atoms with van der Waals surface area (Å²) < 4.78 is 0. The van der Waals surface area contributed by atoms with Crippen LogP contribution >= 0.6 is 0 Å². The molecular weight excluding hydrogens is 274 g/mol. The molecule has 0 aromatic carbocycles. The van der Waals surface area contributed by atoms with Gasteiger partial charge in [0.05, 0.1) is 11.5 Å². The Morgan fingerprint density at radius 1 is 1.38 bits per heavy atom. The van der Waals surface area contributed by atoms with Crippen LogP contribution in [0.1, 0.15) is 31.9 Å². The highest BCUT2D eigenvalue weighted by Crippen LogP contribution is 2.45. The van der Waals surface area contributed by atoms with Crippen LogP contribution in [0.2, 0.25) is 0 Å². The van der Waals surface area contributed by atoms with Gasteiger partial charge in [0.15, 0.2) is 0 Å². The molecule has 2 rings (SSSR count). The number of aryl methyl sites for hydroxylation is 1. The monoisotopic (exact) mass is 295 g/mol. The number of rotatable bonds is 8. The van der Waals surface area contributed by atoms with Crippen molar-refractivity contribution < 1.29 is 10.0 Å². The number of nitro groups is 1. The highest BCUT2D eigenvalue weighted by atomic mass is 16.6. The number of aliphatic hydroxyl groups is 1. The second-order valence-electron chi connectivity index (χ2n) is 5.53. The van der Waals surface area contributed by atoms with E-state index < -0.39 is 4.92 Å². The molecule has 0 bridgehead atoms. The summed E-state index contributed by atoms with van der Waals surface area (Å²) in [5.41, 5.74) is 0.0692. The number of aliphatic hydroxyl groups excluding tert-OH is 1. The Morgan fingerprint density at radius 3 is 2.62 bits per heavy atom. The van der Waals surface area contributed by atoms with Gasteiger partial charge in [-0.2, -0.15) is 4.98 Å². The first kappa shape index (κ1) is 15.4. The van der Waals surface area contributed by atoms with Crippen molar-refractivity contribution in [3.63, 3.8) is 0 Å². The van der Waals surface area contributed by atoms with E-state index in [4.69, 9.17) is 0 Å². The zero-order chi connectivity index (χ0) is 15.5. The predicted octanol–water partition coefficient (Wildman–Crippen LogP) is 1.70. The molecule has 1 aliphatic rings. The minimum Gasteiger partial charge on any atom is -0.396 e. The molecule has 0 aliphatic heterocycles. The van der Waals surface area contributed by atoms with E-state index in [1.807, 2.05) is 6.92 Å². The summed E-state index contributed by atoms with van der Waals surface area (Å²) in [4.78, 5) is 19.0. The standard InChI is InChI=1S/C13H21N5O3/c1-3-6-14-12-16-9(2)10(18(20)21)11(17-12)15-7-13(8-19)4-5-13/h19H,3-8H2,1-2H3,(H2,14,15,16,17). The predicted molar refractivity (Wildman–Crippen MR) is 79.4 cm³/mol. The molecule has 0 saturated heterocycles. The van der Waals surface area contributed by atoms with Crippen molar-refractivity contribution in [1.82, 2.24) is 9.97 Å². The molecule has 8 nitrogen and oxygen atoms in total. The van der Waals surface area contributed by atoms with Crippen LogP contribution in [-0.2, 0) is 0 Å². The van der Waals surface area contributed by atoms with Crippen molar-refractivity contribution in [2.75, 3.05) is 30.3 Å². The summed E-state index contributed by atoms with van der Waals surface area (Å²) in [6.07, 6.45) is 2.76. The second-order valence-corrected chi connectivity index (χ2v) is 5.53. The topological polar surface area (TPSA) is 113 Å². The molecule has 1 aromatic rings. The van der Waals surface area contributed by atoms with Crippen LogP contribution in [-0.4, -0.2) is 39.7 Å². The molecule has 0 spiro atoms. The van der Waals surface area contributed by atoms with E-state index in [1.54, 1.807) is 6.92 Å². The van der Waals surface area contributed by atoms with Crippen LogP contribution in [0.5, 0.6) is 0 Å². The smallest absolute Gasteiger partial charge is 0.332 e. The zero-order valence-electron chi connectivity index (χ0n) is 12.3. The molecule has 0 atom stereocenters. The average Bonchev–Trinajstić information content (AvgIpc) is 3.22. The van der Waals surface area contributed by atoms with Gasteiger partial charge in [0.2, 0.25) is 11.8 Å². The molecule has 1 fully saturated rings. The second kappa shape index (κ2) is 6.21. The molecule has 3 N–H and O–H groups in total. The molecule has 1 saturated carbocycles. The van der Waals surface area contributed by atoms with Crippen molar-refractivity contribution in [3.8, 4) is 0 Å². The van der Waals surface area contributed by atoms with Crippen LogP contribution in [0.15, 0.2) is 0 Å². The van der Waals surface area contributed by atoms with Crippen LogP contribution in [0, 0.1) is 22.5 Å². The lowest BCUT2D eigenvalue weighted by Gasteiger charge is -2.14. The highest BCUT2D eigenvalue weighted by Gasteiger charge is 2.42. The van der Waals surface area contributed by atoms with E-state index in [0.717, 1.165) is 19.3 Å². The van der Waals surface area contributed by atoms with E-state index in [-0.39, 0.29) is 23.5 Å². The first-order valence-corrected chi connectivity index (χ1v) is 7.13. The van der Waals surface area contributed by atoms with Crippen LogP contribution < -0.4 is 10.6 Å². The SMILES string of the molecule is CCCNc1nc(C)c([N+](=O)[O-])c(NCC2(CO)CC2)n1. The number of hydrogen-bond acceptors (Lipinski definition) is 7.